The van der Waals surface area contributed by atoms with Gasteiger partial charge in [-0.15, -0.1) is 0 Å². The SMILES string of the molecule is CCCCCCCCCCCCCCCCCCOC(C)C1=NCCN1C(=O)CCCCCCCCCCCCC. The van der Waals surface area contributed by atoms with Crippen molar-refractivity contribution in [3.8, 4) is 0 Å². The van der Waals surface area contributed by atoms with E-state index in [2.05, 4.69) is 25.8 Å². The molecule has 0 saturated heterocycles. The highest BCUT2D eigenvalue weighted by atomic mass is 16.5. The summed E-state index contributed by atoms with van der Waals surface area (Å²) in [7, 11) is 0. The third kappa shape index (κ3) is 22.3. The fourth-order valence-corrected chi connectivity index (χ4v) is 6.13. The molecule has 0 fully saturated rings. The Hall–Kier alpha value is -0.900. The van der Waals surface area contributed by atoms with Crippen molar-refractivity contribution in [1.82, 2.24) is 4.90 Å². The molecule has 0 aromatic rings. The molecular formula is C37H72N2O2. The van der Waals surface area contributed by atoms with E-state index in [1.165, 1.54) is 161 Å². The number of amides is 1. The Morgan fingerprint density at radius 2 is 0.976 bits per heavy atom. The molecule has 0 aliphatic carbocycles. The van der Waals surface area contributed by atoms with E-state index in [9.17, 15) is 4.79 Å². The number of aliphatic imine (C=N–C) groups is 1. The number of ether oxygens (including phenoxy) is 1. The Labute approximate surface area is 257 Å². The van der Waals surface area contributed by atoms with Crippen LogP contribution in [-0.4, -0.2) is 42.4 Å². The van der Waals surface area contributed by atoms with E-state index in [4.69, 9.17) is 4.74 Å². The highest BCUT2D eigenvalue weighted by molar-refractivity contribution is 6.01. The number of carbonyl (C=O) groups excluding carboxylic acids is 1. The van der Waals surface area contributed by atoms with Crippen LogP contribution in [0.5, 0.6) is 0 Å². The van der Waals surface area contributed by atoms with Gasteiger partial charge in [-0.1, -0.05) is 174 Å². The summed E-state index contributed by atoms with van der Waals surface area (Å²) in [5.41, 5.74) is 0. The Morgan fingerprint density at radius 1 is 0.610 bits per heavy atom. The van der Waals surface area contributed by atoms with Crippen molar-refractivity contribution >= 4 is 11.7 Å². The summed E-state index contributed by atoms with van der Waals surface area (Å²) in [5.74, 6) is 1.12. The zero-order valence-corrected chi connectivity index (χ0v) is 28.2. The lowest BCUT2D eigenvalue weighted by Crippen LogP contribution is -2.40. The van der Waals surface area contributed by atoms with Gasteiger partial charge in [-0.05, 0) is 19.8 Å². The highest BCUT2D eigenvalue weighted by Gasteiger charge is 2.27. The average molecular weight is 577 g/mol. The fourth-order valence-electron chi connectivity index (χ4n) is 6.13. The molecule has 1 amide bonds. The summed E-state index contributed by atoms with van der Waals surface area (Å²) in [5, 5.41) is 0. The van der Waals surface area contributed by atoms with Gasteiger partial charge in [-0.2, -0.15) is 0 Å². The minimum Gasteiger partial charge on any atom is -0.371 e. The molecule has 0 N–H and O–H groups in total. The van der Waals surface area contributed by atoms with Crippen LogP contribution < -0.4 is 0 Å². The number of hydrogen-bond acceptors (Lipinski definition) is 3. The van der Waals surface area contributed by atoms with Gasteiger partial charge in [0.05, 0.1) is 6.54 Å². The quantitative estimate of drug-likeness (QED) is 0.0770. The molecular weight excluding hydrogens is 504 g/mol. The number of carbonyl (C=O) groups is 1. The topological polar surface area (TPSA) is 41.9 Å². The molecule has 0 radical (unpaired) electrons. The van der Waals surface area contributed by atoms with Crippen molar-refractivity contribution in [1.29, 1.82) is 0 Å². The normalized spacial score (nSPS) is 14.1. The molecule has 1 aliphatic rings. The van der Waals surface area contributed by atoms with Crippen LogP contribution in [0, 0.1) is 0 Å². The lowest BCUT2D eigenvalue weighted by molar-refractivity contribution is -0.127. The van der Waals surface area contributed by atoms with Crippen molar-refractivity contribution in [3.63, 3.8) is 0 Å². The summed E-state index contributed by atoms with van der Waals surface area (Å²) in [6.07, 6.45) is 37.2. The second-order valence-electron chi connectivity index (χ2n) is 12.9. The molecule has 1 rings (SSSR count). The molecule has 0 saturated carbocycles. The average Bonchev–Trinajstić information content (AvgIpc) is 3.48. The predicted octanol–water partition coefficient (Wildman–Crippen LogP) is 11.6. The third-order valence-corrected chi connectivity index (χ3v) is 8.90. The number of hydrogen-bond donors (Lipinski definition) is 0. The fraction of sp³-hybridized carbons (Fsp3) is 0.946. The van der Waals surface area contributed by atoms with Gasteiger partial charge < -0.3 is 4.74 Å². The molecule has 0 spiro atoms. The van der Waals surface area contributed by atoms with Crippen LogP contribution >= 0.6 is 0 Å². The lowest BCUT2D eigenvalue weighted by Gasteiger charge is -2.23. The molecule has 1 atom stereocenters. The molecule has 41 heavy (non-hydrogen) atoms. The van der Waals surface area contributed by atoms with E-state index in [-0.39, 0.29) is 12.0 Å². The van der Waals surface area contributed by atoms with Gasteiger partial charge in [-0.25, -0.2) is 0 Å². The smallest absolute Gasteiger partial charge is 0.228 e. The summed E-state index contributed by atoms with van der Waals surface area (Å²) in [6, 6.07) is 0. The number of rotatable bonds is 31. The van der Waals surface area contributed by atoms with E-state index in [0.717, 1.165) is 38.4 Å². The first-order chi connectivity index (χ1) is 20.2. The summed E-state index contributed by atoms with van der Waals surface area (Å²) in [4.78, 5) is 19.4. The van der Waals surface area contributed by atoms with Gasteiger partial charge in [0, 0.05) is 19.6 Å². The van der Waals surface area contributed by atoms with Gasteiger partial charge in [-0.3, -0.25) is 14.7 Å². The maximum Gasteiger partial charge on any atom is 0.228 e. The minimum atomic E-state index is -0.0740. The van der Waals surface area contributed by atoms with Crippen LogP contribution in [-0.2, 0) is 9.53 Å². The van der Waals surface area contributed by atoms with Crippen molar-refractivity contribution in [3.05, 3.63) is 0 Å². The summed E-state index contributed by atoms with van der Waals surface area (Å²) < 4.78 is 6.11. The summed E-state index contributed by atoms with van der Waals surface area (Å²) in [6.45, 7) is 8.88. The highest BCUT2D eigenvalue weighted by Crippen LogP contribution is 2.16. The first kappa shape index (κ1) is 38.1. The second-order valence-corrected chi connectivity index (χ2v) is 12.9. The van der Waals surface area contributed by atoms with Gasteiger partial charge in [0.25, 0.3) is 0 Å². The zero-order chi connectivity index (χ0) is 29.6. The van der Waals surface area contributed by atoms with E-state index in [1.807, 2.05) is 4.90 Å². The van der Waals surface area contributed by atoms with Gasteiger partial charge >= 0.3 is 0 Å². The van der Waals surface area contributed by atoms with Gasteiger partial charge in [0.15, 0.2) is 0 Å². The molecule has 1 aliphatic heterocycles. The maximum atomic E-state index is 12.8. The van der Waals surface area contributed by atoms with Crippen molar-refractivity contribution in [2.24, 2.45) is 4.99 Å². The molecule has 0 aromatic heterocycles. The van der Waals surface area contributed by atoms with E-state index in [0.29, 0.717) is 6.42 Å². The van der Waals surface area contributed by atoms with Crippen LogP contribution in [0.2, 0.25) is 0 Å². The first-order valence-electron chi connectivity index (χ1n) is 18.7. The molecule has 0 aromatic carbocycles. The van der Waals surface area contributed by atoms with E-state index in [1.54, 1.807) is 0 Å². The van der Waals surface area contributed by atoms with Crippen LogP contribution in [0.15, 0.2) is 4.99 Å². The number of nitrogens with zero attached hydrogens (tertiary/aromatic N) is 2. The molecule has 1 unspecified atom stereocenters. The Morgan fingerprint density at radius 3 is 1.39 bits per heavy atom. The number of amidine groups is 1. The molecule has 242 valence electrons. The van der Waals surface area contributed by atoms with Crippen molar-refractivity contribution in [2.75, 3.05) is 19.7 Å². The third-order valence-electron chi connectivity index (χ3n) is 8.90. The van der Waals surface area contributed by atoms with Gasteiger partial charge in [0.2, 0.25) is 5.91 Å². The largest absolute Gasteiger partial charge is 0.371 e. The second kappa shape index (κ2) is 29.2. The van der Waals surface area contributed by atoms with Crippen LogP contribution in [0.25, 0.3) is 0 Å². The van der Waals surface area contributed by atoms with Gasteiger partial charge in [0.1, 0.15) is 11.9 Å². The van der Waals surface area contributed by atoms with Crippen LogP contribution in [0.1, 0.15) is 201 Å². The summed E-state index contributed by atoms with van der Waals surface area (Å²) >= 11 is 0. The van der Waals surface area contributed by atoms with Crippen molar-refractivity contribution in [2.45, 2.75) is 207 Å². The van der Waals surface area contributed by atoms with Crippen LogP contribution in [0.3, 0.4) is 0 Å². The van der Waals surface area contributed by atoms with Crippen molar-refractivity contribution < 1.29 is 9.53 Å². The molecule has 1 heterocycles. The Kier molecular flexibility index (Phi) is 27.1. The molecule has 0 bridgehead atoms. The monoisotopic (exact) mass is 577 g/mol. The van der Waals surface area contributed by atoms with E-state index < -0.39 is 0 Å². The Bertz CT molecular complexity index is 606. The standard InChI is InChI=1S/C37H72N2O2/c1-4-6-8-10-12-14-16-17-18-19-20-22-24-26-28-30-34-41-35(3)37-38-32-33-39(37)36(40)31-29-27-25-23-21-15-13-11-9-7-5-2/h35H,4-34H2,1-3H3. The molecule has 4 heteroatoms. The first-order valence-corrected chi connectivity index (χ1v) is 18.7. The van der Waals surface area contributed by atoms with Crippen LogP contribution in [0.4, 0.5) is 0 Å². The zero-order valence-electron chi connectivity index (χ0n) is 28.2. The lowest BCUT2D eigenvalue weighted by atomic mass is 10.0. The number of unbranched alkanes of at least 4 members (excludes halogenated alkanes) is 25. The minimum absolute atomic E-state index is 0.0740. The maximum absolute atomic E-state index is 12.8. The predicted molar refractivity (Wildman–Crippen MR) is 180 cm³/mol. The Balaban J connectivity index is 1.93. The molecule has 4 nitrogen and oxygen atoms in total. The van der Waals surface area contributed by atoms with E-state index >= 15 is 0 Å².